The van der Waals surface area contributed by atoms with Gasteiger partial charge in [-0.3, -0.25) is 9.78 Å². The number of rotatable bonds is 4. The van der Waals surface area contributed by atoms with E-state index >= 15 is 0 Å². The zero-order valence-electron chi connectivity index (χ0n) is 15.1. The van der Waals surface area contributed by atoms with E-state index in [1.165, 1.54) is 19.3 Å². The molecule has 1 aromatic heterocycles. The molecule has 4 rings (SSSR count). The van der Waals surface area contributed by atoms with Gasteiger partial charge in [0.15, 0.2) is 0 Å². The number of pyridine rings is 1. The summed E-state index contributed by atoms with van der Waals surface area (Å²) in [6.07, 6.45) is 9.19. The van der Waals surface area contributed by atoms with Crippen molar-refractivity contribution in [1.82, 2.24) is 10.3 Å². The second kappa shape index (κ2) is 7.58. The van der Waals surface area contributed by atoms with Crippen LogP contribution in [0, 0.1) is 17.8 Å². The molecular formula is C22H27N3O. The van der Waals surface area contributed by atoms with Crippen LogP contribution in [-0.4, -0.2) is 16.9 Å². The van der Waals surface area contributed by atoms with Crippen LogP contribution in [0.25, 0.3) is 11.1 Å². The Labute approximate surface area is 155 Å². The lowest BCUT2D eigenvalue weighted by molar-refractivity contribution is -0.128. The summed E-state index contributed by atoms with van der Waals surface area (Å²) in [6, 6.07) is 12.7. The number of hydrogen-bond acceptors (Lipinski definition) is 3. The van der Waals surface area contributed by atoms with Crippen molar-refractivity contribution in [2.75, 3.05) is 0 Å². The number of benzene rings is 1. The highest BCUT2D eigenvalue weighted by Crippen LogP contribution is 2.41. The summed E-state index contributed by atoms with van der Waals surface area (Å²) in [5.41, 5.74) is 9.78. The molecule has 2 saturated carbocycles. The van der Waals surface area contributed by atoms with Crippen molar-refractivity contribution in [1.29, 1.82) is 0 Å². The van der Waals surface area contributed by atoms with Crippen LogP contribution < -0.4 is 11.1 Å². The van der Waals surface area contributed by atoms with Gasteiger partial charge in [-0.25, -0.2) is 0 Å². The Hall–Kier alpha value is -2.20. The maximum Gasteiger partial charge on any atom is 0.223 e. The van der Waals surface area contributed by atoms with E-state index < -0.39 is 0 Å². The monoisotopic (exact) mass is 349 g/mol. The predicted octanol–water partition coefficient (Wildman–Crippen LogP) is 3.52. The second-order valence-electron chi connectivity index (χ2n) is 7.85. The maximum absolute atomic E-state index is 12.6. The summed E-state index contributed by atoms with van der Waals surface area (Å²) in [5.74, 6) is 1.42. The Balaban J connectivity index is 1.33. The van der Waals surface area contributed by atoms with Crippen molar-refractivity contribution in [3.63, 3.8) is 0 Å². The topological polar surface area (TPSA) is 68.0 Å². The number of aromatic nitrogens is 1. The molecule has 26 heavy (non-hydrogen) atoms. The Morgan fingerprint density at radius 1 is 1.00 bits per heavy atom. The fraction of sp³-hybridized carbons (Fsp3) is 0.455. The first-order chi connectivity index (χ1) is 12.7. The van der Waals surface area contributed by atoms with Gasteiger partial charge >= 0.3 is 0 Å². The molecular weight excluding hydrogens is 322 g/mol. The molecule has 2 unspecified atom stereocenters. The standard InChI is InChI=1S/C22H27N3O/c23-21-18-2-1-3-19(21)13-20(12-18)22(26)25-14-15-4-6-16(7-5-15)17-8-10-24-11-9-17/h4-11,18-21H,1-3,12-14,23H2,(H,25,26). The van der Waals surface area contributed by atoms with Gasteiger partial charge < -0.3 is 11.1 Å². The summed E-state index contributed by atoms with van der Waals surface area (Å²) >= 11 is 0. The van der Waals surface area contributed by atoms with Gasteiger partial charge in [0.2, 0.25) is 5.91 Å². The third kappa shape index (κ3) is 3.65. The van der Waals surface area contributed by atoms with E-state index in [4.69, 9.17) is 5.73 Å². The fourth-order valence-electron chi connectivity index (χ4n) is 4.70. The quantitative estimate of drug-likeness (QED) is 0.887. The Morgan fingerprint density at radius 3 is 2.27 bits per heavy atom. The Morgan fingerprint density at radius 2 is 1.62 bits per heavy atom. The molecule has 3 N–H and O–H groups in total. The summed E-state index contributed by atoms with van der Waals surface area (Å²) in [7, 11) is 0. The number of amides is 1. The highest BCUT2D eigenvalue weighted by molar-refractivity contribution is 5.78. The SMILES string of the molecule is NC1C2CCCC1CC(C(=O)NCc1ccc(-c3ccncc3)cc1)C2. The highest BCUT2D eigenvalue weighted by atomic mass is 16.1. The normalized spacial score (nSPS) is 27.7. The number of nitrogens with zero attached hydrogens (tertiary/aromatic N) is 1. The van der Waals surface area contributed by atoms with Crippen LogP contribution in [0.4, 0.5) is 0 Å². The van der Waals surface area contributed by atoms with Crippen molar-refractivity contribution in [3.8, 4) is 11.1 Å². The van der Waals surface area contributed by atoms with E-state index in [9.17, 15) is 4.79 Å². The van der Waals surface area contributed by atoms with Crippen LogP contribution >= 0.6 is 0 Å². The van der Waals surface area contributed by atoms with Gasteiger partial charge in [0.25, 0.3) is 0 Å². The summed E-state index contributed by atoms with van der Waals surface area (Å²) in [5, 5.41) is 3.14. The van der Waals surface area contributed by atoms with Crippen molar-refractivity contribution >= 4 is 5.91 Å². The van der Waals surface area contributed by atoms with E-state index in [0.29, 0.717) is 24.4 Å². The van der Waals surface area contributed by atoms with E-state index in [1.54, 1.807) is 12.4 Å². The summed E-state index contributed by atoms with van der Waals surface area (Å²) < 4.78 is 0. The van der Waals surface area contributed by atoms with E-state index in [1.807, 2.05) is 12.1 Å². The predicted molar refractivity (Wildman–Crippen MR) is 103 cm³/mol. The number of carbonyl (C=O) groups excluding carboxylic acids is 1. The lowest BCUT2D eigenvalue weighted by atomic mass is 9.65. The Bertz CT molecular complexity index is 730. The lowest BCUT2D eigenvalue weighted by Gasteiger charge is -2.43. The Kier molecular flexibility index (Phi) is 5.02. The smallest absolute Gasteiger partial charge is 0.223 e. The van der Waals surface area contributed by atoms with Crippen LogP contribution in [-0.2, 0) is 11.3 Å². The van der Waals surface area contributed by atoms with Crippen molar-refractivity contribution < 1.29 is 4.79 Å². The highest BCUT2D eigenvalue weighted by Gasteiger charge is 2.40. The van der Waals surface area contributed by atoms with Crippen LogP contribution in [0.3, 0.4) is 0 Å². The number of carbonyl (C=O) groups is 1. The molecule has 0 spiro atoms. The molecule has 2 aliphatic carbocycles. The molecule has 136 valence electrons. The molecule has 4 heteroatoms. The van der Waals surface area contributed by atoms with Crippen molar-refractivity contribution in [2.24, 2.45) is 23.5 Å². The molecule has 2 fully saturated rings. The fourth-order valence-corrected chi connectivity index (χ4v) is 4.70. The van der Waals surface area contributed by atoms with Crippen LogP contribution in [0.5, 0.6) is 0 Å². The van der Waals surface area contributed by atoms with Gasteiger partial charge in [0.05, 0.1) is 0 Å². The van der Waals surface area contributed by atoms with Gasteiger partial charge in [-0.15, -0.1) is 0 Å². The molecule has 2 aromatic rings. The number of nitrogens with one attached hydrogen (secondary N) is 1. The average Bonchev–Trinajstić information content (AvgIpc) is 2.67. The molecule has 1 amide bonds. The minimum atomic E-state index is 0.140. The van der Waals surface area contributed by atoms with E-state index in [-0.39, 0.29) is 11.8 Å². The van der Waals surface area contributed by atoms with Crippen LogP contribution in [0.15, 0.2) is 48.8 Å². The molecule has 1 aromatic carbocycles. The first-order valence-electron chi connectivity index (χ1n) is 9.73. The van der Waals surface area contributed by atoms with Crippen LogP contribution in [0.1, 0.15) is 37.7 Å². The maximum atomic E-state index is 12.6. The summed E-state index contributed by atoms with van der Waals surface area (Å²) in [6.45, 7) is 0.591. The number of hydrogen-bond donors (Lipinski definition) is 2. The third-order valence-corrected chi connectivity index (χ3v) is 6.22. The van der Waals surface area contributed by atoms with Gasteiger partial charge in [-0.05, 0) is 66.3 Å². The van der Waals surface area contributed by atoms with Gasteiger partial charge in [-0.1, -0.05) is 30.7 Å². The molecule has 0 radical (unpaired) electrons. The minimum Gasteiger partial charge on any atom is -0.352 e. The molecule has 2 bridgehead atoms. The van der Waals surface area contributed by atoms with Crippen molar-refractivity contribution in [2.45, 2.75) is 44.7 Å². The first-order valence-corrected chi connectivity index (χ1v) is 9.73. The summed E-state index contributed by atoms with van der Waals surface area (Å²) in [4.78, 5) is 16.7. The molecule has 4 nitrogen and oxygen atoms in total. The van der Waals surface area contributed by atoms with Crippen molar-refractivity contribution in [3.05, 3.63) is 54.4 Å². The first kappa shape index (κ1) is 17.2. The van der Waals surface area contributed by atoms with Gasteiger partial charge in [-0.2, -0.15) is 0 Å². The molecule has 2 aliphatic rings. The lowest BCUT2D eigenvalue weighted by Crippen LogP contribution is -2.49. The average molecular weight is 349 g/mol. The largest absolute Gasteiger partial charge is 0.352 e. The number of fused-ring (bicyclic) bond motifs is 2. The van der Waals surface area contributed by atoms with Gasteiger partial charge in [0.1, 0.15) is 0 Å². The second-order valence-corrected chi connectivity index (χ2v) is 7.85. The molecule has 0 saturated heterocycles. The number of nitrogens with two attached hydrogens (primary N) is 1. The van der Waals surface area contributed by atoms with Crippen LogP contribution in [0.2, 0.25) is 0 Å². The molecule has 0 aliphatic heterocycles. The third-order valence-electron chi connectivity index (χ3n) is 6.22. The zero-order valence-corrected chi connectivity index (χ0v) is 15.1. The minimum absolute atomic E-state index is 0.140. The molecule has 1 heterocycles. The zero-order chi connectivity index (χ0) is 17.9. The van der Waals surface area contributed by atoms with Gasteiger partial charge in [0, 0.05) is 30.9 Å². The van der Waals surface area contributed by atoms with E-state index in [2.05, 4.69) is 34.6 Å². The molecule has 2 atom stereocenters. The van der Waals surface area contributed by atoms with E-state index in [0.717, 1.165) is 29.5 Å².